The van der Waals surface area contributed by atoms with Crippen LogP contribution in [0.2, 0.25) is 0 Å². The van der Waals surface area contributed by atoms with Crippen molar-refractivity contribution in [3.8, 4) is 11.5 Å². The number of benzene rings is 1. The van der Waals surface area contributed by atoms with Crippen molar-refractivity contribution in [3.63, 3.8) is 0 Å². The van der Waals surface area contributed by atoms with Crippen molar-refractivity contribution in [2.24, 2.45) is 0 Å². The number of rotatable bonds is 4. The van der Waals surface area contributed by atoms with Gasteiger partial charge in [-0.2, -0.15) is 0 Å². The molecule has 1 aliphatic rings. The molecule has 0 aliphatic carbocycles. The normalized spacial score (nSPS) is 17.2. The fourth-order valence-electron chi connectivity index (χ4n) is 3.17. The number of aromatic nitrogens is 1. The van der Waals surface area contributed by atoms with Crippen LogP contribution in [0.4, 0.5) is 0 Å². The number of amides is 1. The van der Waals surface area contributed by atoms with E-state index in [0.29, 0.717) is 23.8 Å². The Morgan fingerprint density at radius 1 is 1.24 bits per heavy atom. The lowest BCUT2D eigenvalue weighted by molar-refractivity contribution is -0.126. The standard InChI is InChI=1S/C19H19N3O3/c1-22-12-14-6-3-2-5-13(14)9-16(22)19(23)20-11-15-10-18(25-21-15)17-7-4-8-24-17/h2-8,10,16H,9,11-12H2,1H3,(H,20,23)/t16-/m1/s1. The van der Waals surface area contributed by atoms with Crippen LogP contribution in [0.1, 0.15) is 16.8 Å². The number of nitrogens with one attached hydrogen (secondary N) is 1. The van der Waals surface area contributed by atoms with E-state index in [1.807, 2.05) is 19.2 Å². The van der Waals surface area contributed by atoms with Crippen LogP contribution in [0.3, 0.4) is 0 Å². The summed E-state index contributed by atoms with van der Waals surface area (Å²) in [7, 11) is 1.98. The molecule has 6 nitrogen and oxygen atoms in total. The van der Waals surface area contributed by atoms with Gasteiger partial charge in [-0.25, -0.2) is 0 Å². The van der Waals surface area contributed by atoms with Crippen LogP contribution in [-0.2, 0) is 24.3 Å². The summed E-state index contributed by atoms with van der Waals surface area (Å²) < 4.78 is 10.5. The highest BCUT2D eigenvalue weighted by molar-refractivity contribution is 5.82. The molecule has 0 saturated heterocycles. The molecule has 0 bridgehead atoms. The quantitative estimate of drug-likeness (QED) is 0.792. The third-order valence-corrected chi connectivity index (χ3v) is 4.55. The molecule has 4 rings (SSSR count). The predicted molar refractivity (Wildman–Crippen MR) is 91.5 cm³/mol. The van der Waals surface area contributed by atoms with Gasteiger partial charge in [0.25, 0.3) is 0 Å². The number of hydrogen-bond donors (Lipinski definition) is 1. The Bertz CT molecular complexity index is 870. The van der Waals surface area contributed by atoms with Gasteiger partial charge >= 0.3 is 0 Å². The lowest BCUT2D eigenvalue weighted by Gasteiger charge is -2.32. The molecule has 1 aliphatic heterocycles. The summed E-state index contributed by atoms with van der Waals surface area (Å²) in [5.41, 5.74) is 3.19. The molecular weight excluding hydrogens is 318 g/mol. The molecule has 3 heterocycles. The lowest BCUT2D eigenvalue weighted by atomic mass is 9.94. The Morgan fingerprint density at radius 3 is 2.88 bits per heavy atom. The van der Waals surface area contributed by atoms with Crippen LogP contribution < -0.4 is 5.32 Å². The highest BCUT2D eigenvalue weighted by atomic mass is 16.5. The van der Waals surface area contributed by atoms with Crippen molar-refractivity contribution in [3.05, 3.63) is 65.5 Å². The van der Waals surface area contributed by atoms with E-state index in [0.717, 1.165) is 13.0 Å². The van der Waals surface area contributed by atoms with Crippen molar-refractivity contribution in [1.29, 1.82) is 0 Å². The maximum atomic E-state index is 12.6. The average molecular weight is 337 g/mol. The number of hydrogen-bond acceptors (Lipinski definition) is 5. The molecule has 0 spiro atoms. The van der Waals surface area contributed by atoms with E-state index in [1.165, 1.54) is 11.1 Å². The smallest absolute Gasteiger partial charge is 0.238 e. The van der Waals surface area contributed by atoms with Crippen LogP contribution in [-0.4, -0.2) is 29.1 Å². The molecular formula is C19H19N3O3. The molecule has 0 unspecified atom stereocenters. The summed E-state index contributed by atoms with van der Waals surface area (Å²) in [5, 5.41) is 6.94. The Labute approximate surface area is 145 Å². The number of likely N-dealkylation sites (N-methyl/N-ethyl adjacent to an activating group) is 1. The maximum absolute atomic E-state index is 12.6. The minimum atomic E-state index is -0.175. The van der Waals surface area contributed by atoms with Gasteiger partial charge in [0.15, 0.2) is 5.76 Å². The van der Waals surface area contributed by atoms with Gasteiger partial charge in [-0.1, -0.05) is 29.4 Å². The predicted octanol–water partition coefficient (Wildman–Crippen LogP) is 2.61. The van der Waals surface area contributed by atoms with Crippen LogP contribution in [0.5, 0.6) is 0 Å². The molecule has 3 aromatic rings. The second-order valence-electron chi connectivity index (χ2n) is 6.28. The number of furan rings is 1. The summed E-state index contributed by atoms with van der Waals surface area (Å²) >= 11 is 0. The second kappa shape index (κ2) is 6.57. The number of nitrogens with zero attached hydrogens (tertiary/aromatic N) is 2. The van der Waals surface area contributed by atoms with Gasteiger partial charge in [0.2, 0.25) is 11.7 Å². The molecule has 1 amide bonds. The van der Waals surface area contributed by atoms with Gasteiger partial charge in [-0.15, -0.1) is 0 Å². The van der Waals surface area contributed by atoms with Crippen molar-refractivity contribution in [1.82, 2.24) is 15.4 Å². The van der Waals surface area contributed by atoms with Gasteiger partial charge in [-0.3, -0.25) is 9.69 Å². The van der Waals surface area contributed by atoms with E-state index >= 15 is 0 Å². The van der Waals surface area contributed by atoms with Crippen molar-refractivity contribution in [2.75, 3.05) is 7.05 Å². The van der Waals surface area contributed by atoms with Gasteiger partial charge < -0.3 is 14.3 Å². The molecule has 1 N–H and O–H groups in total. The van der Waals surface area contributed by atoms with E-state index in [2.05, 4.69) is 27.5 Å². The van der Waals surface area contributed by atoms with Crippen molar-refractivity contribution in [2.45, 2.75) is 25.6 Å². The SMILES string of the molecule is CN1Cc2ccccc2C[C@@H]1C(=O)NCc1cc(-c2ccco2)on1. The molecule has 1 atom stereocenters. The van der Waals surface area contributed by atoms with E-state index in [-0.39, 0.29) is 11.9 Å². The number of fused-ring (bicyclic) bond motifs is 1. The fourth-order valence-corrected chi connectivity index (χ4v) is 3.17. The molecule has 2 aromatic heterocycles. The van der Waals surface area contributed by atoms with Crippen LogP contribution in [0, 0.1) is 0 Å². The maximum Gasteiger partial charge on any atom is 0.238 e. The first kappa shape index (κ1) is 15.7. The molecule has 25 heavy (non-hydrogen) atoms. The first-order chi connectivity index (χ1) is 12.2. The van der Waals surface area contributed by atoms with Gasteiger partial charge in [-0.05, 0) is 36.7 Å². The monoisotopic (exact) mass is 337 g/mol. The largest absolute Gasteiger partial charge is 0.461 e. The summed E-state index contributed by atoms with van der Waals surface area (Å²) in [6, 6.07) is 13.5. The molecule has 0 saturated carbocycles. The number of carbonyl (C=O) groups is 1. The zero-order valence-corrected chi connectivity index (χ0v) is 13.9. The summed E-state index contributed by atoms with van der Waals surface area (Å²) in [5.74, 6) is 1.17. The van der Waals surface area contributed by atoms with Crippen molar-refractivity contribution >= 4 is 5.91 Å². The zero-order chi connectivity index (χ0) is 17.2. The van der Waals surface area contributed by atoms with Gasteiger partial charge in [0.1, 0.15) is 5.69 Å². The van der Waals surface area contributed by atoms with Crippen molar-refractivity contribution < 1.29 is 13.7 Å². The Morgan fingerprint density at radius 2 is 2.08 bits per heavy atom. The van der Waals surface area contributed by atoms with E-state index in [1.54, 1.807) is 24.5 Å². The van der Waals surface area contributed by atoms with E-state index in [9.17, 15) is 4.79 Å². The number of carbonyl (C=O) groups excluding carboxylic acids is 1. The highest BCUT2D eigenvalue weighted by Crippen LogP contribution is 2.23. The van der Waals surface area contributed by atoms with Gasteiger partial charge in [0.05, 0.1) is 18.8 Å². The summed E-state index contributed by atoms with van der Waals surface area (Å²) in [4.78, 5) is 14.7. The van der Waals surface area contributed by atoms with Crippen LogP contribution >= 0.6 is 0 Å². The van der Waals surface area contributed by atoms with Crippen LogP contribution in [0.25, 0.3) is 11.5 Å². The molecule has 0 radical (unpaired) electrons. The Hall–Kier alpha value is -2.86. The van der Waals surface area contributed by atoms with E-state index < -0.39 is 0 Å². The molecule has 6 heteroatoms. The minimum Gasteiger partial charge on any atom is -0.461 e. The Balaban J connectivity index is 1.39. The fraction of sp³-hybridized carbons (Fsp3) is 0.263. The highest BCUT2D eigenvalue weighted by Gasteiger charge is 2.28. The second-order valence-corrected chi connectivity index (χ2v) is 6.28. The Kier molecular flexibility index (Phi) is 4.11. The molecule has 1 aromatic carbocycles. The minimum absolute atomic E-state index is 0.000415. The zero-order valence-electron chi connectivity index (χ0n) is 13.9. The third kappa shape index (κ3) is 3.21. The van der Waals surface area contributed by atoms with Crippen LogP contribution in [0.15, 0.2) is 57.7 Å². The first-order valence-electron chi connectivity index (χ1n) is 8.25. The topological polar surface area (TPSA) is 71.5 Å². The molecule has 128 valence electrons. The lowest BCUT2D eigenvalue weighted by Crippen LogP contribution is -2.48. The summed E-state index contributed by atoms with van der Waals surface area (Å²) in [6.07, 6.45) is 2.30. The summed E-state index contributed by atoms with van der Waals surface area (Å²) in [6.45, 7) is 1.11. The first-order valence-corrected chi connectivity index (χ1v) is 8.25. The molecule has 0 fully saturated rings. The van der Waals surface area contributed by atoms with E-state index in [4.69, 9.17) is 8.94 Å². The van der Waals surface area contributed by atoms with Gasteiger partial charge in [0, 0.05) is 12.6 Å². The average Bonchev–Trinajstić information content (AvgIpc) is 3.30. The third-order valence-electron chi connectivity index (χ3n) is 4.55.